The van der Waals surface area contributed by atoms with Crippen molar-refractivity contribution in [2.75, 3.05) is 11.9 Å². The standard InChI is InChI=1S/C19H29N3O2S/c1-13(25-17-10-8-16(9-11-17)21-14(2)23)19(24)22-18(12-20)15-6-4-3-5-7-15/h8-11,13,15,18H,3-7,12,20H2,1-2H3,(H,21,23)(H,22,24). The second-order valence-electron chi connectivity index (χ2n) is 6.71. The first-order valence-corrected chi connectivity index (χ1v) is 9.92. The van der Waals surface area contributed by atoms with E-state index in [2.05, 4.69) is 10.6 Å². The molecule has 1 aromatic rings. The third kappa shape index (κ3) is 6.36. The fourth-order valence-corrected chi connectivity index (χ4v) is 4.16. The molecule has 25 heavy (non-hydrogen) atoms. The van der Waals surface area contributed by atoms with Crippen molar-refractivity contribution >= 4 is 29.3 Å². The summed E-state index contributed by atoms with van der Waals surface area (Å²) in [5.74, 6) is 0.456. The highest BCUT2D eigenvalue weighted by molar-refractivity contribution is 8.00. The number of nitrogens with two attached hydrogens (primary N) is 1. The van der Waals surface area contributed by atoms with Gasteiger partial charge in [0.15, 0.2) is 0 Å². The Bertz CT molecular complexity index is 571. The molecule has 0 aliphatic heterocycles. The fraction of sp³-hybridized carbons (Fsp3) is 0.579. The third-order valence-electron chi connectivity index (χ3n) is 4.66. The van der Waals surface area contributed by atoms with Gasteiger partial charge in [-0.15, -0.1) is 11.8 Å². The lowest BCUT2D eigenvalue weighted by atomic mass is 9.84. The predicted octanol–water partition coefficient (Wildman–Crippen LogP) is 3.15. The largest absolute Gasteiger partial charge is 0.351 e. The van der Waals surface area contributed by atoms with Crippen LogP contribution in [0.2, 0.25) is 0 Å². The van der Waals surface area contributed by atoms with Gasteiger partial charge in [0.1, 0.15) is 0 Å². The van der Waals surface area contributed by atoms with Crippen molar-refractivity contribution in [1.82, 2.24) is 5.32 Å². The Hall–Kier alpha value is -1.53. The highest BCUT2D eigenvalue weighted by Gasteiger charge is 2.25. The van der Waals surface area contributed by atoms with Gasteiger partial charge in [-0.3, -0.25) is 9.59 Å². The van der Waals surface area contributed by atoms with Gasteiger partial charge in [0, 0.05) is 30.1 Å². The molecule has 2 atom stereocenters. The van der Waals surface area contributed by atoms with E-state index in [1.165, 1.54) is 37.9 Å². The van der Waals surface area contributed by atoms with Crippen LogP contribution in [0.15, 0.2) is 29.2 Å². The molecule has 2 unspecified atom stereocenters. The van der Waals surface area contributed by atoms with Crippen LogP contribution in [0.4, 0.5) is 5.69 Å². The minimum absolute atomic E-state index is 0.0389. The number of benzene rings is 1. The summed E-state index contributed by atoms with van der Waals surface area (Å²) < 4.78 is 0. The number of carbonyl (C=O) groups excluding carboxylic acids is 2. The van der Waals surface area contributed by atoms with Gasteiger partial charge >= 0.3 is 0 Å². The normalized spacial score (nSPS) is 17.6. The zero-order chi connectivity index (χ0) is 18.2. The van der Waals surface area contributed by atoms with Crippen LogP contribution in [0, 0.1) is 5.92 Å². The summed E-state index contributed by atoms with van der Waals surface area (Å²) in [5, 5.41) is 5.70. The van der Waals surface area contributed by atoms with E-state index < -0.39 is 0 Å². The van der Waals surface area contributed by atoms with Gasteiger partial charge in [-0.05, 0) is 49.9 Å². The topological polar surface area (TPSA) is 84.2 Å². The van der Waals surface area contributed by atoms with Gasteiger partial charge in [0.25, 0.3) is 0 Å². The molecule has 5 nitrogen and oxygen atoms in total. The molecule has 6 heteroatoms. The van der Waals surface area contributed by atoms with Gasteiger partial charge < -0.3 is 16.4 Å². The average Bonchev–Trinajstić information content (AvgIpc) is 2.61. The molecule has 1 fully saturated rings. The Kier molecular flexibility index (Phi) is 7.78. The number of hydrogen-bond donors (Lipinski definition) is 3. The molecule has 0 spiro atoms. The third-order valence-corrected chi connectivity index (χ3v) is 5.77. The summed E-state index contributed by atoms with van der Waals surface area (Å²) in [6.07, 6.45) is 6.09. The zero-order valence-corrected chi connectivity index (χ0v) is 15.9. The molecule has 2 rings (SSSR count). The van der Waals surface area contributed by atoms with Gasteiger partial charge in [0.05, 0.1) is 5.25 Å². The summed E-state index contributed by atoms with van der Waals surface area (Å²) in [5.41, 5.74) is 6.66. The van der Waals surface area contributed by atoms with Crippen LogP contribution >= 0.6 is 11.8 Å². The van der Waals surface area contributed by atoms with Crippen LogP contribution in [0.25, 0.3) is 0 Å². The molecule has 4 N–H and O–H groups in total. The lowest BCUT2D eigenvalue weighted by molar-refractivity contribution is -0.121. The Labute approximate surface area is 154 Å². The molecule has 0 heterocycles. The second-order valence-corrected chi connectivity index (χ2v) is 8.13. The maximum atomic E-state index is 12.5. The first-order valence-electron chi connectivity index (χ1n) is 9.04. The van der Waals surface area contributed by atoms with Gasteiger partial charge in [0.2, 0.25) is 11.8 Å². The minimum atomic E-state index is -0.191. The number of anilines is 1. The van der Waals surface area contributed by atoms with E-state index in [1.54, 1.807) is 0 Å². The maximum Gasteiger partial charge on any atom is 0.233 e. The summed E-state index contributed by atoms with van der Waals surface area (Å²) in [7, 11) is 0. The molecule has 0 saturated heterocycles. The SMILES string of the molecule is CC(=O)Nc1ccc(SC(C)C(=O)NC(CN)C2CCCCC2)cc1. The molecule has 0 bridgehead atoms. The number of thioether (sulfide) groups is 1. The van der Waals surface area contributed by atoms with E-state index in [1.807, 2.05) is 31.2 Å². The second kappa shape index (κ2) is 9.82. The Balaban J connectivity index is 1.87. The quantitative estimate of drug-likeness (QED) is 0.650. The van der Waals surface area contributed by atoms with Crippen molar-refractivity contribution in [3.63, 3.8) is 0 Å². The molecule has 2 amide bonds. The summed E-state index contributed by atoms with van der Waals surface area (Å²) in [6.45, 7) is 3.89. The number of amides is 2. The highest BCUT2D eigenvalue weighted by atomic mass is 32.2. The molecule has 0 radical (unpaired) electrons. The molecule has 1 aromatic carbocycles. The number of rotatable bonds is 7. The molecule has 1 aliphatic carbocycles. The number of carbonyl (C=O) groups is 2. The molecular formula is C19H29N3O2S. The van der Waals surface area contributed by atoms with Crippen molar-refractivity contribution in [2.24, 2.45) is 11.7 Å². The summed E-state index contributed by atoms with van der Waals surface area (Å²) in [6, 6.07) is 7.61. The van der Waals surface area contributed by atoms with Crippen LogP contribution in [0.3, 0.4) is 0 Å². The first kappa shape index (κ1) is 19.8. The highest BCUT2D eigenvalue weighted by Crippen LogP contribution is 2.28. The van der Waals surface area contributed by atoms with Crippen molar-refractivity contribution in [2.45, 2.75) is 62.1 Å². The molecule has 0 aromatic heterocycles. The van der Waals surface area contributed by atoms with Crippen molar-refractivity contribution in [3.05, 3.63) is 24.3 Å². The van der Waals surface area contributed by atoms with Gasteiger partial charge in [-0.2, -0.15) is 0 Å². The Morgan fingerprint density at radius 1 is 1.20 bits per heavy atom. The molecule has 1 saturated carbocycles. The van der Waals surface area contributed by atoms with Crippen LogP contribution < -0.4 is 16.4 Å². The van der Waals surface area contributed by atoms with E-state index in [-0.39, 0.29) is 23.1 Å². The van der Waals surface area contributed by atoms with Crippen LogP contribution in [-0.2, 0) is 9.59 Å². The van der Waals surface area contributed by atoms with Crippen LogP contribution in [0.1, 0.15) is 46.0 Å². The molecule has 1 aliphatic rings. The number of hydrogen-bond acceptors (Lipinski definition) is 4. The Morgan fingerprint density at radius 2 is 1.84 bits per heavy atom. The van der Waals surface area contributed by atoms with E-state index in [0.717, 1.165) is 23.4 Å². The van der Waals surface area contributed by atoms with E-state index in [0.29, 0.717) is 12.5 Å². The minimum Gasteiger partial charge on any atom is -0.351 e. The number of nitrogens with one attached hydrogen (secondary N) is 2. The predicted molar refractivity (Wildman–Crippen MR) is 104 cm³/mol. The van der Waals surface area contributed by atoms with Crippen LogP contribution in [-0.4, -0.2) is 29.7 Å². The van der Waals surface area contributed by atoms with Gasteiger partial charge in [-0.25, -0.2) is 0 Å². The smallest absolute Gasteiger partial charge is 0.233 e. The van der Waals surface area contributed by atoms with E-state index in [4.69, 9.17) is 5.73 Å². The lowest BCUT2D eigenvalue weighted by Crippen LogP contribution is -2.48. The monoisotopic (exact) mass is 363 g/mol. The van der Waals surface area contributed by atoms with E-state index >= 15 is 0 Å². The molecular weight excluding hydrogens is 334 g/mol. The van der Waals surface area contributed by atoms with Crippen molar-refractivity contribution < 1.29 is 9.59 Å². The van der Waals surface area contributed by atoms with Crippen LogP contribution in [0.5, 0.6) is 0 Å². The Morgan fingerprint density at radius 3 is 2.40 bits per heavy atom. The van der Waals surface area contributed by atoms with Crippen molar-refractivity contribution in [1.29, 1.82) is 0 Å². The zero-order valence-electron chi connectivity index (χ0n) is 15.1. The summed E-state index contributed by atoms with van der Waals surface area (Å²) >= 11 is 1.51. The fourth-order valence-electron chi connectivity index (χ4n) is 3.28. The summed E-state index contributed by atoms with van der Waals surface area (Å²) in [4.78, 5) is 24.6. The lowest BCUT2D eigenvalue weighted by Gasteiger charge is -2.30. The molecule has 138 valence electrons. The van der Waals surface area contributed by atoms with E-state index in [9.17, 15) is 9.59 Å². The van der Waals surface area contributed by atoms with Crippen molar-refractivity contribution in [3.8, 4) is 0 Å². The first-order chi connectivity index (χ1) is 12.0. The average molecular weight is 364 g/mol. The van der Waals surface area contributed by atoms with Gasteiger partial charge in [-0.1, -0.05) is 19.3 Å². The maximum absolute atomic E-state index is 12.5.